The van der Waals surface area contributed by atoms with Gasteiger partial charge in [-0.05, 0) is 44.3 Å². The number of esters is 2. The number of ether oxygens (including phenoxy) is 2. The summed E-state index contributed by atoms with van der Waals surface area (Å²) >= 11 is 5.29. The fraction of sp³-hybridized carbons (Fsp3) is 0.750. The number of amides is 2. The zero-order valence-corrected chi connectivity index (χ0v) is 18.3. The average molecular weight is 442 g/mol. The largest absolute Gasteiger partial charge is 0.466 e. The molecule has 1 saturated carbocycles. The van der Waals surface area contributed by atoms with Gasteiger partial charge in [-0.1, -0.05) is 13.3 Å². The molecule has 9 nitrogen and oxygen atoms in total. The minimum absolute atomic E-state index is 0.0495. The third-order valence-corrected chi connectivity index (χ3v) is 5.41. The Morgan fingerprint density at radius 3 is 2.60 bits per heavy atom. The Labute approximate surface area is 182 Å². The van der Waals surface area contributed by atoms with Crippen molar-refractivity contribution in [3.8, 4) is 0 Å². The zero-order valence-electron chi connectivity index (χ0n) is 17.4. The van der Waals surface area contributed by atoms with Crippen molar-refractivity contribution in [2.45, 2.75) is 76.9 Å². The van der Waals surface area contributed by atoms with E-state index in [1.54, 1.807) is 0 Å². The minimum Gasteiger partial charge on any atom is -0.466 e. The number of hydrogen-bond acceptors (Lipinski definition) is 7. The van der Waals surface area contributed by atoms with Crippen LogP contribution in [0, 0.1) is 0 Å². The van der Waals surface area contributed by atoms with Gasteiger partial charge in [0.1, 0.15) is 12.1 Å². The number of thiocarbonyl (C=S) groups is 1. The molecule has 10 heteroatoms. The molecule has 2 rings (SSSR count). The van der Waals surface area contributed by atoms with Gasteiger partial charge in [0, 0.05) is 19.5 Å². The highest BCUT2D eigenvalue weighted by Gasteiger charge is 2.34. The molecular formula is C20H31N3O6S. The van der Waals surface area contributed by atoms with Crippen LogP contribution in [0.25, 0.3) is 0 Å². The van der Waals surface area contributed by atoms with Gasteiger partial charge in [0.15, 0.2) is 5.11 Å². The van der Waals surface area contributed by atoms with Crippen LogP contribution in [0.3, 0.4) is 0 Å². The van der Waals surface area contributed by atoms with Gasteiger partial charge in [-0.15, -0.1) is 0 Å². The van der Waals surface area contributed by atoms with Crippen molar-refractivity contribution in [2.24, 2.45) is 0 Å². The van der Waals surface area contributed by atoms with Crippen LogP contribution in [-0.2, 0) is 28.7 Å². The molecule has 30 heavy (non-hydrogen) atoms. The molecule has 2 N–H and O–H groups in total. The highest BCUT2D eigenvalue weighted by Crippen LogP contribution is 2.21. The molecule has 1 saturated heterocycles. The van der Waals surface area contributed by atoms with E-state index in [-0.39, 0.29) is 36.4 Å². The Balaban J connectivity index is 1.85. The van der Waals surface area contributed by atoms with Gasteiger partial charge >= 0.3 is 11.9 Å². The lowest BCUT2D eigenvalue weighted by Gasteiger charge is -2.36. The Morgan fingerprint density at radius 1 is 1.17 bits per heavy atom. The number of rotatable bonds is 8. The normalized spacial score (nSPS) is 19.6. The third kappa shape index (κ3) is 7.89. The van der Waals surface area contributed by atoms with E-state index < -0.39 is 23.9 Å². The predicted octanol–water partition coefficient (Wildman–Crippen LogP) is 1.19. The van der Waals surface area contributed by atoms with Crippen LogP contribution in [0.4, 0.5) is 0 Å². The molecule has 0 bridgehead atoms. The topological polar surface area (TPSA) is 114 Å². The lowest BCUT2D eigenvalue weighted by atomic mass is 9.98. The predicted molar refractivity (Wildman–Crippen MR) is 112 cm³/mol. The van der Waals surface area contributed by atoms with Crippen LogP contribution in [0.5, 0.6) is 0 Å². The van der Waals surface area contributed by atoms with Crippen LogP contribution in [-0.4, -0.2) is 65.6 Å². The first kappa shape index (κ1) is 24.0. The Bertz CT molecular complexity index is 650. The molecule has 1 heterocycles. The molecular weight excluding hydrogens is 410 g/mol. The first-order valence-corrected chi connectivity index (χ1v) is 11.0. The van der Waals surface area contributed by atoms with Crippen molar-refractivity contribution in [2.75, 3.05) is 19.7 Å². The maximum absolute atomic E-state index is 12.4. The maximum atomic E-state index is 12.4. The molecule has 2 aliphatic rings. The molecule has 1 aliphatic carbocycles. The molecule has 0 aromatic rings. The second-order valence-electron chi connectivity index (χ2n) is 7.53. The van der Waals surface area contributed by atoms with E-state index in [0.717, 1.165) is 32.1 Å². The summed E-state index contributed by atoms with van der Waals surface area (Å²) in [5.74, 6) is -1.66. The summed E-state index contributed by atoms with van der Waals surface area (Å²) in [5.41, 5.74) is 0. The van der Waals surface area contributed by atoms with Gasteiger partial charge in [0.25, 0.3) is 0 Å². The van der Waals surface area contributed by atoms with Crippen molar-refractivity contribution >= 4 is 41.1 Å². The first-order valence-electron chi connectivity index (χ1n) is 10.6. The van der Waals surface area contributed by atoms with Gasteiger partial charge in [-0.25, -0.2) is 0 Å². The Kier molecular flexibility index (Phi) is 9.99. The summed E-state index contributed by atoms with van der Waals surface area (Å²) in [6, 6.07) is -0.836. The summed E-state index contributed by atoms with van der Waals surface area (Å²) in [4.78, 5) is 49.9. The van der Waals surface area contributed by atoms with Gasteiger partial charge in [0.2, 0.25) is 11.8 Å². The molecule has 2 amide bonds. The molecule has 1 atom stereocenters. The quantitative estimate of drug-likeness (QED) is 0.426. The zero-order chi connectivity index (χ0) is 21.9. The van der Waals surface area contributed by atoms with E-state index in [1.165, 1.54) is 4.90 Å². The molecule has 1 aliphatic heterocycles. The summed E-state index contributed by atoms with van der Waals surface area (Å²) in [5, 5.41) is 5.32. The number of carbonyl (C=O) groups is 4. The fourth-order valence-corrected chi connectivity index (χ4v) is 3.83. The summed E-state index contributed by atoms with van der Waals surface area (Å²) in [6.07, 6.45) is 5.28. The fourth-order valence-electron chi connectivity index (χ4n) is 3.49. The average Bonchev–Trinajstić information content (AvgIpc) is 2.72. The van der Waals surface area contributed by atoms with Crippen molar-refractivity contribution in [3.63, 3.8) is 0 Å². The van der Waals surface area contributed by atoms with E-state index in [4.69, 9.17) is 21.7 Å². The Morgan fingerprint density at radius 2 is 1.90 bits per heavy atom. The van der Waals surface area contributed by atoms with Crippen molar-refractivity contribution in [1.29, 1.82) is 0 Å². The number of carbonyl (C=O) groups excluding carboxylic acids is 4. The van der Waals surface area contributed by atoms with Crippen molar-refractivity contribution in [3.05, 3.63) is 0 Å². The van der Waals surface area contributed by atoms with Gasteiger partial charge < -0.3 is 25.0 Å². The van der Waals surface area contributed by atoms with Crippen LogP contribution >= 0.6 is 12.2 Å². The summed E-state index contributed by atoms with van der Waals surface area (Å²) in [6.45, 7) is 2.92. The second-order valence-corrected chi connectivity index (χ2v) is 7.91. The van der Waals surface area contributed by atoms with Crippen LogP contribution in [0.1, 0.15) is 64.7 Å². The smallest absolute Gasteiger partial charge is 0.308 e. The first-order chi connectivity index (χ1) is 14.4. The Hall–Kier alpha value is -2.23. The molecule has 2 fully saturated rings. The standard InChI is InChI=1S/C20H31N3O6S/c1-2-12-28-17(25)9-8-16(24)22-20(30)23-11-10-21-19(27)15(23)13-18(26)29-14-6-4-3-5-7-14/h14-15H,2-13H2,1H3,(H,21,27)(H,22,24,30). The van der Waals surface area contributed by atoms with Crippen LogP contribution < -0.4 is 10.6 Å². The number of piperazine rings is 1. The van der Waals surface area contributed by atoms with E-state index in [2.05, 4.69) is 10.6 Å². The van der Waals surface area contributed by atoms with Gasteiger partial charge in [-0.3, -0.25) is 19.2 Å². The van der Waals surface area contributed by atoms with Gasteiger partial charge in [-0.2, -0.15) is 0 Å². The molecule has 0 spiro atoms. The number of hydrogen-bond donors (Lipinski definition) is 2. The second kappa shape index (κ2) is 12.5. The highest BCUT2D eigenvalue weighted by molar-refractivity contribution is 7.80. The van der Waals surface area contributed by atoms with E-state index in [1.807, 2.05) is 6.92 Å². The maximum Gasteiger partial charge on any atom is 0.308 e. The van der Waals surface area contributed by atoms with E-state index >= 15 is 0 Å². The molecule has 0 aromatic heterocycles. The molecule has 168 valence electrons. The third-order valence-electron chi connectivity index (χ3n) is 5.07. The number of nitrogens with zero attached hydrogens (tertiary/aromatic N) is 1. The lowest BCUT2D eigenvalue weighted by Crippen LogP contribution is -2.60. The molecule has 0 aromatic carbocycles. The van der Waals surface area contributed by atoms with Gasteiger partial charge in [0.05, 0.1) is 19.4 Å². The highest BCUT2D eigenvalue weighted by atomic mass is 32.1. The van der Waals surface area contributed by atoms with Crippen LogP contribution in [0.15, 0.2) is 0 Å². The molecule has 1 unspecified atom stereocenters. The summed E-state index contributed by atoms with van der Waals surface area (Å²) < 4.78 is 10.5. The monoisotopic (exact) mass is 441 g/mol. The van der Waals surface area contributed by atoms with E-state index in [0.29, 0.717) is 26.1 Å². The van der Waals surface area contributed by atoms with E-state index in [9.17, 15) is 19.2 Å². The minimum atomic E-state index is -0.836. The van der Waals surface area contributed by atoms with Crippen molar-refractivity contribution < 1.29 is 28.7 Å². The number of nitrogens with one attached hydrogen (secondary N) is 2. The lowest BCUT2D eigenvalue weighted by molar-refractivity contribution is -0.153. The molecule has 0 radical (unpaired) electrons. The van der Waals surface area contributed by atoms with Crippen molar-refractivity contribution in [1.82, 2.24) is 15.5 Å². The SMILES string of the molecule is CCCOC(=O)CCC(=O)NC(=S)N1CCNC(=O)C1CC(=O)OC1CCCCC1. The van der Waals surface area contributed by atoms with Crippen LogP contribution in [0.2, 0.25) is 0 Å². The summed E-state index contributed by atoms with van der Waals surface area (Å²) in [7, 11) is 0.